The Kier molecular flexibility index (Phi) is 3.76. The number of hydrogen-bond acceptors (Lipinski definition) is 2. The Balaban J connectivity index is 1.59. The van der Waals surface area contributed by atoms with Gasteiger partial charge in [-0.2, -0.15) is 0 Å². The van der Waals surface area contributed by atoms with E-state index in [0.29, 0.717) is 6.54 Å². The molecule has 1 atom stereocenters. The maximum atomic E-state index is 12.4. The van der Waals surface area contributed by atoms with Crippen molar-refractivity contribution in [2.24, 2.45) is 5.92 Å². The van der Waals surface area contributed by atoms with Gasteiger partial charge in [0, 0.05) is 13.1 Å². The predicted molar refractivity (Wildman–Crippen MR) is 72.5 cm³/mol. The zero-order valence-corrected chi connectivity index (χ0v) is 11.6. The van der Waals surface area contributed by atoms with Gasteiger partial charge in [0.25, 0.3) is 0 Å². The largest absolute Gasteiger partial charge is 0.332 e. The van der Waals surface area contributed by atoms with Crippen molar-refractivity contribution >= 4 is 11.8 Å². The molecule has 0 aromatic carbocycles. The van der Waals surface area contributed by atoms with Gasteiger partial charge < -0.3 is 9.80 Å². The molecule has 2 amide bonds. The standard InChI is InChI=1S/C15H24N2O2/c18-14-11-16(10-8-12-5-1-2-6-12)15(19)13-7-3-4-9-17(13)14/h12-13H,1-11H2. The monoisotopic (exact) mass is 264 g/mol. The van der Waals surface area contributed by atoms with E-state index in [1.165, 1.54) is 25.7 Å². The fourth-order valence-corrected chi connectivity index (χ4v) is 3.86. The van der Waals surface area contributed by atoms with Crippen LogP contribution in [0, 0.1) is 5.92 Å². The molecule has 1 unspecified atom stereocenters. The maximum absolute atomic E-state index is 12.4. The van der Waals surface area contributed by atoms with Gasteiger partial charge in [-0.15, -0.1) is 0 Å². The molecule has 3 fully saturated rings. The number of rotatable bonds is 3. The molecule has 4 nitrogen and oxygen atoms in total. The first-order valence-corrected chi connectivity index (χ1v) is 7.84. The second-order valence-corrected chi connectivity index (χ2v) is 6.30. The van der Waals surface area contributed by atoms with Crippen molar-refractivity contribution in [3.63, 3.8) is 0 Å². The predicted octanol–water partition coefficient (Wildman–Crippen LogP) is 1.79. The van der Waals surface area contributed by atoms with E-state index in [1.807, 2.05) is 9.80 Å². The van der Waals surface area contributed by atoms with Gasteiger partial charge in [-0.1, -0.05) is 25.7 Å². The number of piperazine rings is 1. The van der Waals surface area contributed by atoms with Crippen LogP contribution < -0.4 is 0 Å². The van der Waals surface area contributed by atoms with Crippen molar-refractivity contribution in [2.45, 2.75) is 57.4 Å². The lowest BCUT2D eigenvalue weighted by atomic mass is 9.97. The Labute approximate surface area is 115 Å². The summed E-state index contributed by atoms with van der Waals surface area (Å²) in [6, 6.07) is -0.140. The minimum Gasteiger partial charge on any atom is -0.332 e. The highest BCUT2D eigenvalue weighted by Gasteiger charge is 2.40. The molecule has 2 saturated heterocycles. The molecule has 3 rings (SSSR count). The van der Waals surface area contributed by atoms with Crippen LogP contribution in [0.4, 0.5) is 0 Å². The molecule has 0 aromatic rings. The van der Waals surface area contributed by atoms with E-state index >= 15 is 0 Å². The average Bonchev–Trinajstić information content (AvgIpc) is 2.95. The number of carbonyl (C=O) groups excluding carboxylic acids is 2. The third-order valence-corrected chi connectivity index (χ3v) is 5.03. The van der Waals surface area contributed by atoms with Crippen molar-refractivity contribution in [3.05, 3.63) is 0 Å². The van der Waals surface area contributed by atoms with Crippen molar-refractivity contribution in [1.82, 2.24) is 9.80 Å². The lowest BCUT2D eigenvalue weighted by Gasteiger charge is -2.43. The molecule has 0 N–H and O–H groups in total. The van der Waals surface area contributed by atoms with Crippen LogP contribution in [0.5, 0.6) is 0 Å². The van der Waals surface area contributed by atoms with Crippen molar-refractivity contribution < 1.29 is 9.59 Å². The first kappa shape index (κ1) is 12.9. The Morgan fingerprint density at radius 1 is 1.00 bits per heavy atom. The summed E-state index contributed by atoms with van der Waals surface area (Å²) in [5.74, 6) is 1.15. The summed E-state index contributed by atoms with van der Waals surface area (Å²) in [5.41, 5.74) is 0. The van der Waals surface area contributed by atoms with E-state index in [2.05, 4.69) is 0 Å². The van der Waals surface area contributed by atoms with Gasteiger partial charge in [0.15, 0.2) is 0 Å². The number of hydrogen-bond donors (Lipinski definition) is 0. The average molecular weight is 264 g/mol. The number of carbonyl (C=O) groups is 2. The number of fused-ring (bicyclic) bond motifs is 1. The van der Waals surface area contributed by atoms with Gasteiger partial charge in [-0.25, -0.2) is 0 Å². The Morgan fingerprint density at radius 3 is 2.53 bits per heavy atom. The van der Waals surface area contributed by atoms with Crippen molar-refractivity contribution in [1.29, 1.82) is 0 Å². The fourth-order valence-electron chi connectivity index (χ4n) is 3.86. The molecular weight excluding hydrogens is 240 g/mol. The lowest BCUT2D eigenvalue weighted by molar-refractivity contribution is -0.157. The molecule has 19 heavy (non-hydrogen) atoms. The fraction of sp³-hybridized carbons (Fsp3) is 0.867. The molecule has 0 bridgehead atoms. The quantitative estimate of drug-likeness (QED) is 0.779. The van der Waals surface area contributed by atoms with Gasteiger partial charge in [0.2, 0.25) is 11.8 Å². The molecule has 0 aromatic heterocycles. The van der Waals surface area contributed by atoms with Gasteiger partial charge in [-0.3, -0.25) is 9.59 Å². The number of piperidine rings is 1. The first-order chi connectivity index (χ1) is 9.25. The van der Waals surface area contributed by atoms with E-state index in [-0.39, 0.29) is 17.9 Å². The van der Waals surface area contributed by atoms with Crippen LogP contribution in [0.3, 0.4) is 0 Å². The van der Waals surface area contributed by atoms with Crippen LogP contribution in [0.15, 0.2) is 0 Å². The van der Waals surface area contributed by atoms with E-state index in [0.717, 1.165) is 44.7 Å². The molecule has 4 heteroatoms. The summed E-state index contributed by atoms with van der Waals surface area (Å²) < 4.78 is 0. The second kappa shape index (κ2) is 5.51. The third-order valence-electron chi connectivity index (χ3n) is 5.03. The smallest absolute Gasteiger partial charge is 0.245 e. The minimum absolute atomic E-state index is 0.140. The molecule has 0 spiro atoms. The summed E-state index contributed by atoms with van der Waals surface area (Å²) in [6.45, 7) is 1.90. The number of amides is 2. The Bertz CT molecular complexity index is 363. The molecule has 1 saturated carbocycles. The van der Waals surface area contributed by atoms with Gasteiger partial charge in [0.05, 0.1) is 6.54 Å². The van der Waals surface area contributed by atoms with E-state index in [9.17, 15) is 9.59 Å². The highest BCUT2D eigenvalue weighted by Crippen LogP contribution is 2.29. The molecule has 1 aliphatic carbocycles. The summed E-state index contributed by atoms with van der Waals surface area (Å²) in [4.78, 5) is 28.2. The van der Waals surface area contributed by atoms with E-state index in [4.69, 9.17) is 0 Å². The van der Waals surface area contributed by atoms with Crippen LogP contribution in [0.2, 0.25) is 0 Å². The van der Waals surface area contributed by atoms with Gasteiger partial charge >= 0.3 is 0 Å². The zero-order valence-electron chi connectivity index (χ0n) is 11.6. The first-order valence-electron chi connectivity index (χ1n) is 7.84. The normalized spacial score (nSPS) is 28.9. The topological polar surface area (TPSA) is 40.6 Å². The second-order valence-electron chi connectivity index (χ2n) is 6.30. The van der Waals surface area contributed by atoms with Crippen molar-refractivity contribution in [3.8, 4) is 0 Å². The lowest BCUT2D eigenvalue weighted by Crippen LogP contribution is -2.61. The summed E-state index contributed by atoms with van der Waals surface area (Å²) in [5, 5.41) is 0. The summed E-state index contributed by atoms with van der Waals surface area (Å²) in [7, 11) is 0. The highest BCUT2D eigenvalue weighted by molar-refractivity contribution is 5.95. The Morgan fingerprint density at radius 2 is 1.74 bits per heavy atom. The third kappa shape index (κ3) is 2.63. The van der Waals surface area contributed by atoms with E-state index in [1.54, 1.807) is 0 Å². The molecular formula is C15H24N2O2. The number of nitrogens with zero attached hydrogens (tertiary/aromatic N) is 2. The van der Waals surface area contributed by atoms with E-state index < -0.39 is 0 Å². The molecule has 2 aliphatic heterocycles. The van der Waals surface area contributed by atoms with Crippen LogP contribution >= 0.6 is 0 Å². The highest BCUT2D eigenvalue weighted by atomic mass is 16.2. The summed E-state index contributed by atoms with van der Waals surface area (Å²) in [6.07, 6.45) is 9.39. The maximum Gasteiger partial charge on any atom is 0.245 e. The molecule has 106 valence electrons. The SMILES string of the molecule is O=C1C2CCCCN2C(=O)CN1CCC1CCCC1. The van der Waals surface area contributed by atoms with Crippen LogP contribution in [-0.2, 0) is 9.59 Å². The Hall–Kier alpha value is -1.06. The zero-order chi connectivity index (χ0) is 13.2. The van der Waals surface area contributed by atoms with Crippen LogP contribution in [0.25, 0.3) is 0 Å². The van der Waals surface area contributed by atoms with Crippen LogP contribution in [-0.4, -0.2) is 47.3 Å². The summed E-state index contributed by atoms with van der Waals surface area (Å²) >= 11 is 0. The van der Waals surface area contributed by atoms with Gasteiger partial charge in [0.1, 0.15) is 6.04 Å². The molecule has 0 radical (unpaired) electrons. The van der Waals surface area contributed by atoms with Crippen LogP contribution in [0.1, 0.15) is 51.4 Å². The molecule has 2 heterocycles. The molecule has 3 aliphatic rings. The van der Waals surface area contributed by atoms with Crippen molar-refractivity contribution in [2.75, 3.05) is 19.6 Å². The van der Waals surface area contributed by atoms with Gasteiger partial charge in [-0.05, 0) is 31.6 Å². The minimum atomic E-state index is -0.140.